The number of hydrogen-bond acceptors (Lipinski definition) is 4. The Morgan fingerprint density at radius 1 is 1.04 bits per heavy atom. The molecule has 0 aliphatic heterocycles. The average molecular weight is 356 g/mol. The summed E-state index contributed by atoms with van der Waals surface area (Å²) in [7, 11) is 0. The van der Waals surface area contributed by atoms with Crippen LogP contribution in [0.25, 0.3) is 23.1 Å². The standard InChI is InChI=1S/C21H16N4O2/c26-21(27)17-6-1-2-7-18(17)23-15-8-10-16-19(24-25-20(16)13-15)11-9-14-5-3-4-12-22-14/h1-13,23H,(H,24,25)(H,26,27)/b11-9+. The minimum absolute atomic E-state index is 0.223. The number of pyridine rings is 1. The third-order valence-electron chi connectivity index (χ3n) is 4.13. The van der Waals surface area contributed by atoms with Gasteiger partial charge in [-0.05, 0) is 54.6 Å². The Bertz CT molecular complexity index is 1130. The van der Waals surface area contributed by atoms with Gasteiger partial charge >= 0.3 is 5.97 Å². The van der Waals surface area contributed by atoms with Crippen LogP contribution in [0.5, 0.6) is 0 Å². The molecule has 4 rings (SSSR count). The van der Waals surface area contributed by atoms with Crippen molar-refractivity contribution >= 4 is 40.4 Å². The fourth-order valence-corrected chi connectivity index (χ4v) is 2.82. The van der Waals surface area contributed by atoms with Gasteiger partial charge in [0.05, 0.1) is 28.2 Å². The number of carboxylic acid groups (broad SMARTS) is 1. The summed E-state index contributed by atoms with van der Waals surface area (Å²) in [4.78, 5) is 15.6. The van der Waals surface area contributed by atoms with Crippen molar-refractivity contribution in [2.75, 3.05) is 5.32 Å². The van der Waals surface area contributed by atoms with Gasteiger partial charge in [-0.15, -0.1) is 0 Å². The number of para-hydroxylation sites is 1. The predicted octanol–water partition coefficient (Wildman–Crippen LogP) is 4.57. The van der Waals surface area contributed by atoms with E-state index < -0.39 is 5.97 Å². The van der Waals surface area contributed by atoms with Crippen molar-refractivity contribution in [3.8, 4) is 0 Å². The van der Waals surface area contributed by atoms with Crippen molar-refractivity contribution in [3.63, 3.8) is 0 Å². The van der Waals surface area contributed by atoms with Crippen LogP contribution >= 0.6 is 0 Å². The van der Waals surface area contributed by atoms with Gasteiger partial charge < -0.3 is 10.4 Å². The first-order valence-corrected chi connectivity index (χ1v) is 8.37. The van der Waals surface area contributed by atoms with E-state index in [1.807, 2.05) is 48.6 Å². The maximum atomic E-state index is 11.3. The summed E-state index contributed by atoms with van der Waals surface area (Å²) >= 11 is 0. The smallest absolute Gasteiger partial charge is 0.337 e. The Kier molecular flexibility index (Phi) is 4.37. The average Bonchev–Trinajstić information content (AvgIpc) is 3.10. The Labute approximate surface area is 155 Å². The van der Waals surface area contributed by atoms with E-state index in [9.17, 15) is 9.90 Å². The van der Waals surface area contributed by atoms with Crippen LogP contribution in [-0.2, 0) is 0 Å². The van der Waals surface area contributed by atoms with Crippen molar-refractivity contribution in [2.45, 2.75) is 0 Å². The number of carbonyl (C=O) groups is 1. The summed E-state index contributed by atoms with van der Waals surface area (Å²) in [6.45, 7) is 0. The van der Waals surface area contributed by atoms with Crippen LogP contribution in [0.3, 0.4) is 0 Å². The van der Waals surface area contributed by atoms with Gasteiger partial charge in [0.1, 0.15) is 0 Å². The first-order valence-electron chi connectivity index (χ1n) is 8.37. The number of fused-ring (bicyclic) bond motifs is 1. The second-order valence-corrected chi connectivity index (χ2v) is 5.93. The van der Waals surface area contributed by atoms with E-state index in [1.54, 1.807) is 30.5 Å². The van der Waals surface area contributed by atoms with E-state index in [4.69, 9.17) is 0 Å². The molecule has 0 fully saturated rings. The largest absolute Gasteiger partial charge is 0.478 e. The lowest BCUT2D eigenvalue weighted by Crippen LogP contribution is -2.02. The number of anilines is 2. The maximum Gasteiger partial charge on any atom is 0.337 e. The second kappa shape index (κ2) is 7.13. The number of benzene rings is 2. The zero-order valence-corrected chi connectivity index (χ0v) is 14.3. The van der Waals surface area contributed by atoms with Gasteiger partial charge in [-0.3, -0.25) is 10.1 Å². The molecule has 0 radical (unpaired) electrons. The van der Waals surface area contributed by atoms with Gasteiger partial charge in [0.2, 0.25) is 0 Å². The molecule has 0 aliphatic carbocycles. The van der Waals surface area contributed by atoms with Crippen LogP contribution in [0, 0.1) is 0 Å². The molecule has 0 unspecified atom stereocenters. The highest BCUT2D eigenvalue weighted by atomic mass is 16.4. The molecule has 2 heterocycles. The highest BCUT2D eigenvalue weighted by Gasteiger charge is 2.10. The molecule has 0 atom stereocenters. The third kappa shape index (κ3) is 3.55. The van der Waals surface area contributed by atoms with Gasteiger partial charge in [0.15, 0.2) is 0 Å². The highest BCUT2D eigenvalue weighted by molar-refractivity contribution is 5.96. The van der Waals surface area contributed by atoms with E-state index in [0.29, 0.717) is 5.69 Å². The molecule has 0 bridgehead atoms. The van der Waals surface area contributed by atoms with Gasteiger partial charge in [-0.1, -0.05) is 18.2 Å². The molecular weight excluding hydrogens is 340 g/mol. The molecule has 6 heteroatoms. The molecule has 2 aromatic carbocycles. The Balaban J connectivity index is 1.61. The fraction of sp³-hybridized carbons (Fsp3) is 0. The van der Waals surface area contributed by atoms with Crippen molar-refractivity contribution < 1.29 is 9.90 Å². The lowest BCUT2D eigenvalue weighted by atomic mass is 10.1. The molecule has 0 saturated carbocycles. The van der Waals surface area contributed by atoms with Crippen LogP contribution in [0.2, 0.25) is 0 Å². The summed E-state index contributed by atoms with van der Waals surface area (Å²) in [5.41, 5.74) is 4.07. The minimum atomic E-state index is -0.970. The molecule has 2 aromatic heterocycles. The van der Waals surface area contributed by atoms with E-state index in [-0.39, 0.29) is 5.56 Å². The maximum absolute atomic E-state index is 11.3. The van der Waals surface area contributed by atoms with E-state index in [1.165, 1.54) is 0 Å². The molecule has 3 N–H and O–H groups in total. The van der Waals surface area contributed by atoms with Crippen LogP contribution in [0.15, 0.2) is 66.9 Å². The van der Waals surface area contributed by atoms with Gasteiger partial charge in [-0.2, -0.15) is 5.10 Å². The summed E-state index contributed by atoms with van der Waals surface area (Å²) in [5.74, 6) is -0.970. The number of nitrogens with one attached hydrogen (secondary N) is 2. The van der Waals surface area contributed by atoms with Gasteiger partial charge in [0.25, 0.3) is 0 Å². The molecule has 0 spiro atoms. The quantitative estimate of drug-likeness (QED) is 0.487. The lowest BCUT2D eigenvalue weighted by molar-refractivity contribution is 0.0698. The minimum Gasteiger partial charge on any atom is -0.478 e. The number of aromatic carboxylic acids is 1. The van der Waals surface area contributed by atoms with E-state index in [0.717, 1.165) is 28.0 Å². The van der Waals surface area contributed by atoms with Crippen molar-refractivity contribution in [1.29, 1.82) is 0 Å². The molecular formula is C21H16N4O2. The first kappa shape index (κ1) is 16.5. The summed E-state index contributed by atoms with van der Waals surface area (Å²) in [6, 6.07) is 18.3. The zero-order chi connectivity index (χ0) is 18.6. The summed E-state index contributed by atoms with van der Waals surface area (Å²) in [6.07, 6.45) is 5.56. The third-order valence-corrected chi connectivity index (χ3v) is 4.13. The van der Waals surface area contributed by atoms with Crippen LogP contribution in [-0.4, -0.2) is 26.3 Å². The predicted molar refractivity (Wildman–Crippen MR) is 106 cm³/mol. The lowest BCUT2D eigenvalue weighted by Gasteiger charge is -2.09. The number of aromatic amines is 1. The van der Waals surface area contributed by atoms with Gasteiger partial charge in [0, 0.05) is 17.3 Å². The highest BCUT2D eigenvalue weighted by Crippen LogP contribution is 2.25. The van der Waals surface area contributed by atoms with Crippen molar-refractivity contribution in [1.82, 2.24) is 15.2 Å². The van der Waals surface area contributed by atoms with Crippen molar-refractivity contribution in [3.05, 3.63) is 83.8 Å². The second-order valence-electron chi connectivity index (χ2n) is 5.93. The van der Waals surface area contributed by atoms with Crippen LogP contribution in [0.4, 0.5) is 11.4 Å². The summed E-state index contributed by atoms with van der Waals surface area (Å²) in [5, 5.41) is 20.8. The Hall–Kier alpha value is -3.93. The van der Waals surface area contributed by atoms with E-state index >= 15 is 0 Å². The van der Waals surface area contributed by atoms with Crippen LogP contribution < -0.4 is 5.32 Å². The number of nitrogens with zero attached hydrogens (tertiary/aromatic N) is 2. The topological polar surface area (TPSA) is 90.9 Å². The van der Waals surface area contributed by atoms with Crippen LogP contribution in [0.1, 0.15) is 21.7 Å². The fourth-order valence-electron chi connectivity index (χ4n) is 2.82. The molecule has 0 aliphatic rings. The number of hydrogen-bond donors (Lipinski definition) is 3. The molecule has 0 saturated heterocycles. The molecule has 6 nitrogen and oxygen atoms in total. The molecule has 132 valence electrons. The Morgan fingerprint density at radius 3 is 2.70 bits per heavy atom. The number of H-pyrrole nitrogens is 1. The number of carboxylic acids is 1. The van der Waals surface area contributed by atoms with Crippen molar-refractivity contribution in [2.24, 2.45) is 0 Å². The summed E-state index contributed by atoms with van der Waals surface area (Å²) < 4.78 is 0. The monoisotopic (exact) mass is 356 g/mol. The molecule has 27 heavy (non-hydrogen) atoms. The number of rotatable bonds is 5. The zero-order valence-electron chi connectivity index (χ0n) is 14.3. The van der Waals surface area contributed by atoms with E-state index in [2.05, 4.69) is 20.5 Å². The first-order chi connectivity index (χ1) is 13.2. The molecule has 4 aromatic rings. The normalized spacial score (nSPS) is 11.1. The van der Waals surface area contributed by atoms with Gasteiger partial charge in [-0.25, -0.2) is 4.79 Å². The molecule has 0 amide bonds. The number of aromatic nitrogens is 3. The SMILES string of the molecule is O=C(O)c1ccccc1Nc1ccc2c(/C=C/c3ccccn3)n[nH]c2c1. The Morgan fingerprint density at radius 2 is 1.89 bits per heavy atom.